The fourth-order valence-corrected chi connectivity index (χ4v) is 5.85. The Morgan fingerprint density at radius 2 is 1.80 bits per heavy atom. The lowest BCUT2D eigenvalue weighted by Gasteiger charge is -2.41. The number of aromatic nitrogens is 2. The minimum Gasteiger partial charge on any atom is -0.328 e. The molecule has 1 aliphatic rings. The largest absolute Gasteiger partial charge is 0.328 e. The maximum Gasteiger partial charge on any atom is 0.254 e. The third-order valence-electron chi connectivity index (χ3n) is 7.48. The van der Waals surface area contributed by atoms with Crippen LogP contribution in [0.2, 0.25) is 5.02 Å². The Bertz CT molecular complexity index is 1490. The van der Waals surface area contributed by atoms with Crippen molar-refractivity contribution in [1.29, 1.82) is 0 Å². The zero-order valence-corrected chi connectivity index (χ0v) is 24.3. The summed E-state index contributed by atoms with van der Waals surface area (Å²) < 4.78 is 30.3. The van der Waals surface area contributed by atoms with Crippen LogP contribution in [0.25, 0.3) is 11.3 Å². The van der Waals surface area contributed by atoms with Crippen LogP contribution in [0.15, 0.2) is 79.0 Å². The highest BCUT2D eigenvalue weighted by Gasteiger charge is 2.40. The molecule has 8 heteroatoms. The minimum atomic E-state index is -0.640. The van der Waals surface area contributed by atoms with Gasteiger partial charge in [0.25, 0.3) is 5.91 Å². The smallest absolute Gasteiger partial charge is 0.254 e. The van der Waals surface area contributed by atoms with Crippen molar-refractivity contribution in [3.63, 3.8) is 0 Å². The van der Waals surface area contributed by atoms with Crippen molar-refractivity contribution in [3.05, 3.63) is 113 Å². The van der Waals surface area contributed by atoms with E-state index in [4.69, 9.17) is 16.6 Å². The molecule has 4 aromatic rings. The van der Waals surface area contributed by atoms with Crippen LogP contribution in [0.3, 0.4) is 0 Å². The Balaban J connectivity index is 1.66. The predicted molar refractivity (Wildman–Crippen MR) is 159 cm³/mol. The summed E-state index contributed by atoms with van der Waals surface area (Å²) in [6.07, 6.45) is 2.85. The number of nitrogens with one attached hydrogen (secondary N) is 1. The number of benzene rings is 3. The summed E-state index contributed by atoms with van der Waals surface area (Å²) in [5.74, 6) is -0.418. The second-order valence-corrected chi connectivity index (χ2v) is 12.3. The molecule has 41 heavy (non-hydrogen) atoms. The molecule has 5 nitrogen and oxygen atoms in total. The van der Waals surface area contributed by atoms with Crippen LogP contribution in [0.5, 0.6) is 0 Å². The van der Waals surface area contributed by atoms with E-state index in [-0.39, 0.29) is 12.5 Å². The lowest BCUT2D eigenvalue weighted by molar-refractivity contribution is 0.0437. The summed E-state index contributed by atoms with van der Waals surface area (Å²) in [6.45, 7) is 8.76. The quantitative estimate of drug-likeness (QED) is 0.238. The van der Waals surface area contributed by atoms with Crippen molar-refractivity contribution in [2.45, 2.75) is 39.8 Å². The average Bonchev–Trinajstić information content (AvgIpc) is 3.57. The molecular formula is C33H35ClF2N4O. The van der Waals surface area contributed by atoms with E-state index in [1.807, 2.05) is 64.2 Å². The molecule has 0 saturated carbocycles. The Labute approximate surface area is 245 Å². The lowest BCUT2D eigenvalue weighted by atomic mass is 9.83. The van der Waals surface area contributed by atoms with Gasteiger partial charge in [-0.2, -0.15) is 0 Å². The predicted octanol–water partition coefficient (Wildman–Crippen LogP) is 7.37. The summed E-state index contributed by atoms with van der Waals surface area (Å²) in [7, 11) is 0. The van der Waals surface area contributed by atoms with Crippen LogP contribution in [0.4, 0.5) is 8.78 Å². The molecule has 2 heterocycles. The van der Waals surface area contributed by atoms with Crippen LogP contribution < -0.4 is 5.32 Å². The van der Waals surface area contributed by atoms with Crippen LogP contribution in [0, 0.1) is 23.0 Å². The van der Waals surface area contributed by atoms with Gasteiger partial charge in [0, 0.05) is 41.5 Å². The maximum absolute atomic E-state index is 14.2. The van der Waals surface area contributed by atoms with Crippen molar-refractivity contribution >= 4 is 17.5 Å². The number of carbonyl (C=O) groups excluding carboxylic acids is 1. The fraction of sp³-hybridized carbons (Fsp3) is 0.333. The minimum absolute atomic E-state index is 0.0759. The highest BCUT2D eigenvalue weighted by molar-refractivity contribution is 6.30. The Hall–Kier alpha value is -3.55. The molecule has 1 amide bonds. The number of hydrogen-bond donors (Lipinski definition) is 1. The van der Waals surface area contributed by atoms with Gasteiger partial charge in [0.1, 0.15) is 17.5 Å². The van der Waals surface area contributed by atoms with Crippen LogP contribution in [0.1, 0.15) is 55.0 Å². The van der Waals surface area contributed by atoms with E-state index < -0.39 is 23.1 Å². The van der Waals surface area contributed by atoms with Crippen molar-refractivity contribution in [1.82, 2.24) is 19.8 Å². The maximum atomic E-state index is 14.2. The molecule has 1 aromatic heterocycles. The molecular weight excluding hydrogens is 542 g/mol. The first-order chi connectivity index (χ1) is 19.6. The molecule has 0 aliphatic carbocycles. The van der Waals surface area contributed by atoms with E-state index in [9.17, 15) is 13.6 Å². The lowest BCUT2D eigenvalue weighted by Crippen LogP contribution is -2.45. The molecule has 5 rings (SSSR count). The Kier molecular flexibility index (Phi) is 8.57. The van der Waals surface area contributed by atoms with Gasteiger partial charge in [-0.15, -0.1) is 0 Å². The number of carbonyl (C=O) groups is 1. The van der Waals surface area contributed by atoms with Crippen molar-refractivity contribution in [2.24, 2.45) is 11.3 Å². The Morgan fingerprint density at radius 3 is 2.44 bits per heavy atom. The number of amides is 1. The summed E-state index contributed by atoms with van der Waals surface area (Å²) in [5, 5.41) is 3.99. The second-order valence-electron chi connectivity index (χ2n) is 11.9. The standard InChI is InChI=1S/C33H35ClF2N4O/c1-33(2,3)30(40(20-22-12-13-37-18-22)32(41)24-8-5-4-6-9-24)31-38-29(25-10-7-11-26(34)16-25)21-39(31)19-23-14-27(35)17-28(36)15-23/h4-11,14-17,21-22,30,37H,12-13,18-20H2,1-3H3/t22?,30-/m0/s1. The molecule has 1 unspecified atom stereocenters. The van der Waals surface area contributed by atoms with Crippen molar-refractivity contribution in [2.75, 3.05) is 19.6 Å². The van der Waals surface area contributed by atoms with Crippen LogP contribution >= 0.6 is 11.6 Å². The summed E-state index contributed by atoms with van der Waals surface area (Å²) in [5.41, 5.74) is 2.12. The van der Waals surface area contributed by atoms with Gasteiger partial charge in [-0.05, 0) is 72.8 Å². The number of rotatable bonds is 8. The highest BCUT2D eigenvalue weighted by Crippen LogP contribution is 2.40. The number of imidazole rings is 1. The number of hydrogen-bond acceptors (Lipinski definition) is 3. The van der Waals surface area contributed by atoms with E-state index in [0.717, 1.165) is 31.1 Å². The molecule has 0 spiro atoms. The van der Waals surface area contributed by atoms with Crippen molar-refractivity contribution < 1.29 is 13.6 Å². The zero-order valence-electron chi connectivity index (χ0n) is 23.6. The van der Waals surface area contributed by atoms with Gasteiger partial charge in [0.2, 0.25) is 0 Å². The zero-order chi connectivity index (χ0) is 29.1. The van der Waals surface area contributed by atoms with Gasteiger partial charge >= 0.3 is 0 Å². The molecule has 214 valence electrons. The Morgan fingerprint density at radius 1 is 1.07 bits per heavy atom. The SMILES string of the molecule is CC(C)(C)[C@H](c1nc(-c2cccc(Cl)c2)cn1Cc1cc(F)cc(F)c1)N(CC1CCNC1)C(=O)c1ccccc1. The van der Waals surface area contributed by atoms with Gasteiger partial charge in [0.15, 0.2) is 0 Å². The van der Waals surface area contributed by atoms with Crippen LogP contribution in [-0.4, -0.2) is 40.0 Å². The van der Waals surface area contributed by atoms with Crippen LogP contribution in [-0.2, 0) is 6.54 Å². The van der Waals surface area contributed by atoms with E-state index in [0.29, 0.717) is 40.1 Å². The topological polar surface area (TPSA) is 50.2 Å². The van der Waals surface area contributed by atoms with E-state index >= 15 is 0 Å². The molecule has 1 saturated heterocycles. The molecule has 1 N–H and O–H groups in total. The normalized spacial score (nSPS) is 16.1. The van der Waals surface area contributed by atoms with Gasteiger partial charge < -0.3 is 14.8 Å². The summed E-state index contributed by atoms with van der Waals surface area (Å²) >= 11 is 6.32. The molecule has 1 fully saturated rings. The van der Waals surface area contributed by atoms with Gasteiger partial charge in [0.05, 0.1) is 11.7 Å². The number of halogens is 3. The second kappa shape index (κ2) is 12.1. The van der Waals surface area contributed by atoms with Gasteiger partial charge in [-0.3, -0.25) is 4.79 Å². The molecule has 0 bridgehead atoms. The highest BCUT2D eigenvalue weighted by atomic mass is 35.5. The monoisotopic (exact) mass is 576 g/mol. The van der Waals surface area contributed by atoms with Crippen molar-refractivity contribution in [3.8, 4) is 11.3 Å². The molecule has 2 atom stereocenters. The third-order valence-corrected chi connectivity index (χ3v) is 7.71. The van der Waals surface area contributed by atoms with E-state index in [2.05, 4.69) is 26.1 Å². The first kappa shape index (κ1) is 29.0. The van der Waals surface area contributed by atoms with Gasteiger partial charge in [-0.1, -0.05) is 62.7 Å². The van der Waals surface area contributed by atoms with E-state index in [1.165, 1.54) is 12.1 Å². The molecule has 0 radical (unpaired) electrons. The summed E-state index contributed by atoms with van der Waals surface area (Å²) in [4.78, 5) is 21.3. The molecule has 3 aromatic carbocycles. The average molecular weight is 577 g/mol. The summed E-state index contributed by atoms with van der Waals surface area (Å²) in [6, 6.07) is 19.8. The molecule has 1 aliphatic heterocycles. The first-order valence-corrected chi connectivity index (χ1v) is 14.3. The van der Waals surface area contributed by atoms with E-state index in [1.54, 1.807) is 6.07 Å². The fourth-order valence-electron chi connectivity index (χ4n) is 5.66. The third kappa shape index (κ3) is 6.85. The first-order valence-electron chi connectivity index (χ1n) is 13.9. The number of nitrogens with zero attached hydrogens (tertiary/aromatic N) is 3. The van der Waals surface area contributed by atoms with Gasteiger partial charge in [-0.25, -0.2) is 13.8 Å².